The van der Waals surface area contributed by atoms with Gasteiger partial charge in [0.1, 0.15) is 17.4 Å². The van der Waals surface area contributed by atoms with Crippen molar-refractivity contribution < 1.29 is 13.9 Å². The standard InChI is InChI=1S/C26H18FN5O2S/c27-18-9-6-16(7-10-18)20-13-24(32(31-20)19-4-2-1-3-5-19)30-26-29-22(15-35-26)17-8-11-23-21(12-17)28-25(33)14-34-23/h1-13,15H,14H2,(H,28,33)(H,29,30). The molecule has 0 saturated heterocycles. The number of anilines is 3. The molecule has 0 saturated carbocycles. The molecular formula is C26H18FN5O2S. The van der Waals surface area contributed by atoms with Gasteiger partial charge in [0.15, 0.2) is 11.7 Å². The summed E-state index contributed by atoms with van der Waals surface area (Å²) in [7, 11) is 0. The number of benzene rings is 3. The van der Waals surface area contributed by atoms with Crippen molar-refractivity contribution in [1.82, 2.24) is 14.8 Å². The van der Waals surface area contributed by atoms with Gasteiger partial charge in [0.2, 0.25) is 0 Å². The van der Waals surface area contributed by atoms with Crippen LogP contribution in [-0.2, 0) is 4.79 Å². The Morgan fingerprint density at radius 1 is 0.971 bits per heavy atom. The van der Waals surface area contributed by atoms with E-state index in [0.717, 1.165) is 28.3 Å². The second-order valence-corrected chi connectivity index (χ2v) is 8.74. The number of nitrogens with one attached hydrogen (secondary N) is 2. The third kappa shape index (κ3) is 4.24. The van der Waals surface area contributed by atoms with E-state index >= 15 is 0 Å². The molecule has 0 unspecified atom stereocenters. The predicted molar refractivity (Wildman–Crippen MR) is 134 cm³/mol. The van der Waals surface area contributed by atoms with Crippen LogP contribution in [0.3, 0.4) is 0 Å². The van der Waals surface area contributed by atoms with Gasteiger partial charge in [-0.1, -0.05) is 18.2 Å². The first-order valence-electron chi connectivity index (χ1n) is 10.8. The number of amides is 1. The van der Waals surface area contributed by atoms with E-state index in [1.807, 2.05) is 60.0 Å². The van der Waals surface area contributed by atoms with Crippen LogP contribution in [0, 0.1) is 5.82 Å². The van der Waals surface area contributed by atoms with Gasteiger partial charge in [0, 0.05) is 22.6 Å². The van der Waals surface area contributed by atoms with Crippen molar-refractivity contribution in [1.29, 1.82) is 0 Å². The Kier molecular flexibility index (Phi) is 5.23. The third-order valence-electron chi connectivity index (χ3n) is 5.50. The monoisotopic (exact) mass is 483 g/mol. The summed E-state index contributed by atoms with van der Waals surface area (Å²) in [6, 6.07) is 23.5. The summed E-state index contributed by atoms with van der Waals surface area (Å²) in [5.74, 6) is 0.893. The molecule has 3 heterocycles. The Balaban J connectivity index is 1.33. The lowest BCUT2D eigenvalue weighted by Crippen LogP contribution is -2.25. The molecule has 0 radical (unpaired) electrons. The van der Waals surface area contributed by atoms with Gasteiger partial charge in [-0.05, 0) is 54.6 Å². The number of carbonyl (C=O) groups is 1. The molecule has 2 aromatic heterocycles. The number of halogens is 1. The molecule has 5 aromatic rings. The first kappa shape index (κ1) is 21.1. The summed E-state index contributed by atoms with van der Waals surface area (Å²) in [4.78, 5) is 16.4. The molecule has 0 atom stereocenters. The van der Waals surface area contributed by atoms with Crippen LogP contribution in [0.15, 0.2) is 84.2 Å². The van der Waals surface area contributed by atoms with Crippen molar-refractivity contribution in [3.05, 3.63) is 90.1 Å². The van der Waals surface area contributed by atoms with Crippen LogP contribution in [0.2, 0.25) is 0 Å². The molecule has 0 fully saturated rings. The molecule has 172 valence electrons. The van der Waals surface area contributed by atoms with E-state index in [1.54, 1.807) is 16.8 Å². The lowest BCUT2D eigenvalue weighted by atomic mass is 10.1. The van der Waals surface area contributed by atoms with Crippen molar-refractivity contribution in [2.45, 2.75) is 0 Å². The Bertz CT molecular complexity index is 1530. The van der Waals surface area contributed by atoms with Crippen LogP contribution >= 0.6 is 11.3 Å². The van der Waals surface area contributed by atoms with Gasteiger partial charge in [-0.25, -0.2) is 14.1 Å². The van der Waals surface area contributed by atoms with E-state index in [0.29, 0.717) is 22.3 Å². The zero-order valence-electron chi connectivity index (χ0n) is 18.2. The molecule has 0 spiro atoms. The van der Waals surface area contributed by atoms with E-state index in [9.17, 15) is 9.18 Å². The molecule has 1 amide bonds. The van der Waals surface area contributed by atoms with Crippen LogP contribution in [0.4, 0.5) is 21.0 Å². The maximum absolute atomic E-state index is 13.4. The maximum atomic E-state index is 13.4. The lowest BCUT2D eigenvalue weighted by Gasteiger charge is -2.18. The largest absolute Gasteiger partial charge is 0.482 e. The van der Waals surface area contributed by atoms with Crippen LogP contribution in [-0.4, -0.2) is 27.3 Å². The Morgan fingerprint density at radius 2 is 1.77 bits per heavy atom. The summed E-state index contributed by atoms with van der Waals surface area (Å²) in [5, 5.41) is 13.6. The van der Waals surface area contributed by atoms with Crippen LogP contribution in [0.1, 0.15) is 0 Å². The quantitative estimate of drug-likeness (QED) is 0.326. The number of rotatable bonds is 5. The second-order valence-electron chi connectivity index (χ2n) is 7.88. The fourth-order valence-electron chi connectivity index (χ4n) is 3.81. The van der Waals surface area contributed by atoms with E-state index < -0.39 is 0 Å². The highest BCUT2D eigenvalue weighted by Gasteiger charge is 2.18. The van der Waals surface area contributed by atoms with Gasteiger partial charge in [-0.2, -0.15) is 5.10 Å². The summed E-state index contributed by atoms with van der Waals surface area (Å²) >= 11 is 1.46. The average molecular weight is 484 g/mol. The first-order chi connectivity index (χ1) is 17.1. The van der Waals surface area contributed by atoms with Crippen molar-refractivity contribution in [3.63, 3.8) is 0 Å². The van der Waals surface area contributed by atoms with Gasteiger partial charge in [-0.15, -0.1) is 11.3 Å². The number of hydrogen-bond acceptors (Lipinski definition) is 6. The van der Waals surface area contributed by atoms with Gasteiger partial charge >= 0.3 is 0 Å². The minimum Gasteiger partial charge on any atom is -0.482 e. The van der Waals surface area contributed by atoms with E-state index in [2.05, 4.69) is 10.6 Å². The van der Waals surface area contributed by atoms with Gasteiger partial charge in [-0.3, -0.25) is 4.79 Å². The van der Waals surface area contributed by atoms with Crippen molar-refractivity contribution in [3.8, 4) is 34.0 Å². The zero-order valence-corrected chi connectivity index (χ0v) is 19.1. The Hall–Kier alpha value is -4.50. The Morgan fingerprint density at radius 3 is 2.60 bits per heavy atom. The molecule has 1 aliphatic rings. The Labute approximate surface area is 203 Å². The first-order valence-corrected chi connectivity index (χ1v) is 11.7. The molecule has 6 rings (SSSR count). The fraction of sp³-hybridized carbons (Fsp3) is 0.0385. The molecule has 3 aromatic carbocycles. The summed E-state index contributed by atoms with van der Waals surface area (Å²) in [6.07, 6.45) is 0. The normalized spacial score (nSPS) is 12.5. The van der Waals surface area contributed by atoms with E-state index in [1.165, 1.54) is 23.5 Å². The SMILES string of the molecule is O=C1COc2ccc(-c3csc(Nc4cc(-c5ccc(F)cc5)nn4-c4ccccc4)n3)cc2N1. The number of fused-ring (bicyclic) bond motifs is 1. The predicted octanol–water partition coefficient (Wildman–Crippen LogP) is 5.88. The molecule has 35 heavy (non-hydrogen) atoms. The van der Waals surface area contributed by atoms with Gasteiger partial charge in [0.25, 0.3) is 5.91 Å². The number of nitrogens with zero attached hydrogens (tertiary/aromatic N) is 3. The van der Waals surface area contributed by atoms with E-state index in [4.69, 9.17) is 14.8 Å². The fourth-order valence-corrected chi connectivity index (χ4v) is 4.54. The number of para-hydroxylation sites is 1. The molecule has 1 aliphatic heterocycles. The third-order valence-corrected chi connectivity index (χ3v) is 6.26. The molecule has 9 heteroatoms. The number of hydrogen-bond donors (Lipinski definition) is 2. The number of ether oxygens (including phenoxy) is 1. The lowest BCUT2D eigenvalue weighted by molar-refractivity contribution is -0.118. The van der Waals surface area contributed by atoms with Gasteiger partial charge in [0.05, 0.1) is 22.8 Å². The summed E-state index contributed by atoms with van der Waals surface area (Å²) in [6.45, 7) is 0.0200. The maximum Gasteiger partial charge on any atom is 0.262 e. The van der Waals surface area contributed by atoms with Crippen LogP contribution in [0.25, 0.3) is 28.2 Å². The summed E-state index contributed by atoms with van der Waals surface area (Å²) < 4.78 is 20.7. The average Bonchev–Trinajstić information content (AvgIpc) is 3.52. The van der Waals surface area contributed by atoms with Crippen molar-refractivity contribution >= 4 is 33.9 Å². The topological polar surface area (TPSA) is 81.1 Å². The summed E-state index contributed by atoms with van der Waals surface area (Å²) in [5.41, 5.74) is 4.66. The zero-order chi connectivity index (χ0) is 23.8. The van der Waals surface area contributed by atoms with Crippen LogP contribution in [0.5, 0.6) is 5.75 Å². The number of aromatic nitrogens is 3. The highest BCUT2D eigenvalue weighted by molar-refractivity contribution is 7.14. The molecule has 7 nitrogen and oxygen atoms in total. The minimum atomic E-state index is -0.293. The van der Waals surface area contributed by atoms with Gasteiger partial charge < -0.3 is 15.4 Å². The van der Waals surface area contributed by atoms with Crippen molar-refractivity contribution in [2.24, 2.45) is 0 Å². The molecular weight excluding hydrogens is 465 g/mol. The highest BCUT2D eigenvalue weighted by atomic mass is 32.1. The number of carbonyl (C=O) groups excluding carboxylic acids is 1. The van der Waals surface area contributed by atoms with E-state index in [-0.39, 0.29) is 18.3 Å². The van der Waals surface area contributed by atoms with Crippen LogP contribution < -0.4 is 15.4 Å². The van der Waals surface area contributed by atoms with Crippen molar-refractivity contribution in [2.75, 3.05) is 17.2 Å². The molecule has 0 aliphatic carbocycles. The highest BCUT2D eigenvalue weighted by Crippen LogP contribution is 2.35. The number of thiazole rings is 1. The second kappa shape index (κ2) is 8.69. The molecule has 0 bridgehead atoms. The molecule has 2 N–H and O–H groups in total. The smallest absolute Gasteiger partial charge is 0.262 e. The minimum absolute atomic E-state index is 0.0200.